The summed E-state index contributed by atoms with van der Waals surface area (Å²) in [5.41, 5.74) is 1.50. The van der Waals surface area contributed by atoms with Crippen LogP contribution in [0.5, 0.6) is 0 Å². The first kappa shape index (κ1) is 14.8. The number of imidazole rings is 1. The maximum atomic E-state index is 12.6. The maximum Gasteiger partial charge on any atom is 0.269 e. The van der Waals surface area contributed by atoms with Crippen LogP contribution >= 0.6 is 0 Å². The summed E-state index contributed by atoms with van der Waals surface area (Å²) in [5, 5.41) is 17.6. The van der Waals surface area contributed by atoms with Gasteiger partial charge in [0.05, 0.1) is 41.3 Å². The van der Waals surface area contributed by atoms with Gasteiger partial charge >= 0.3 is 0 Å². The van der Waals surface area contributed by atoms with Crippen molar-refractivity contribution >= 4 is 10.0 Å². The molecular weight excluding hydrogens is 288 g/mol. The van der Waals surface area contributed by atoms with Crippen molar-refractivity contribution in [1.82, 2.24) is 8.96 Å². The predicted molar refractivity (Wildman–Crippen MR) is 74.6 cm³/mol. The van der Waals surface area contributed by atoms with Gasteiger partial charge in [-0.2, -0.15) is 10.5 Å². The van der Waals surface area contributed by atoms with Crippen molar-refractivity contribution in [3.63, 3.8) is 0 Å². The zero-order valence-corrected chi connectivity index (χ0v) is 12.1. The molecule has 0 radical (unpaired) electrons. The Hall–Kier alpha value is -2.64. The van der Waals surface area contributed by atoms with Crippen LogP contribution in [0.1, 0.15) is 17.0 Å². The van der Waals surface area contributed by atoms with Crippen LogP contribution in [0.3, 0.4) is 0 Å². The molecule has 2 rings (SSSR count). The third-order valence-electron chi connectivity index (χ3n) is 2.99. The molecule has 1 heterocycles. The minimum atomic E-state index is -3.81. The SMILES string of the molecule is Cc1ccc(S(=O)(=O)n2cnc(CC#N)c2CC#N)cc1. The Balaban J connectivity index is 2.58. The number of benzene rings is 1. The second-order valence-corrected chi connectivity index (χ2v) is 6.24. The smallest absolute Gasteiger partial charge is 0.239 e. The number of nitrogens with zero attached hydrogens (tertiary/aromatic N) is 4. The largest absolute Gasteiger partial charge is 0.269 e. The fraction of sp³-hybridized carbons (Fsp3) is 0.214. The van der Waals surface area contributed by atoms with E-state index < -0.39 is 10.0 Å². The molecule has 0 aliphatic heterocycles. The molecule has 0 aliphatic carbocycles. The lowest BCUT2D eigenvalue weighted by Crippen LogP contribution is -2.15. The molecule has 0 atom stereocenters. The van der Waals surface area contributed by atoms with E-state index >= 15 is 0 Å². The average molecular weight is 300 g/mol. The maximum absolute atomic E-state index is 12.6. The Bertz CT molecular complexity index is 837. The summed E-state index contributed by atoms with van der Waals surface area (Å²) in [4.78, 5) is 4.06. The van der Waals surface area contributed by atoms with Crippen molar-refractivity contribution in [2.45, 2.75) is 24.7 Å². The molecule has 0 fully saturated rings. The standard InChI is InChI=1S/C14H12N4O2S/c1-11-2-4-12(5-3-11)21(19,20)18-10-17-13(6-8-15)14(18)7-9-16/h2-5,10H,6-7H2,1H3. The monoisotopic (exact) mass is 300 g/mol. The van der Waals surface area contributed by atoms with Crippen molar-refractivity contribution < 1.29 is 8.42 Å². The van der Waals surface area contributed by atoms with E-state index in [1.54, 1.807) is 12.1 Å². The van der Waals surface area contributed by atoms with Gasteiger partial charge in [0.2, 0.25) is 0 Å². The molecule has 21 heavy (non-hydrogen) atoms. The molecule has 0 bridgehead atoms. The first-order chi connectivity index (χ1) is 10.0. The third-order valence-corrected chi connectivity index (χ3v) is 4.69. The summed E-state index contributed by atoms with van der Waals surface area (Å²) in [6, 6.07) is 10.2. The second kappa shape index (κ2) is 5.78. The highest BCUT2D eigenvalue weighted by Crippen LogP contribution is 2.19. The van der Waals surface area contributed by atoms with Gasteiger partial charge in [-0.25, -0.2) is 17.4 Å². The van der Waals surface area contributed by atoms with Crippen LogP contribution < -0.4 is 0 Å². The van der Waals surface area contributed by atoms with Gasteiger partial charge in [-0.05, 0) is 19.1 Å². The summed E-state index contributed by atoms with van der Waals surface area (Å²) in [6.07, 6.45) is 0.990. The van der Waals surface area contributed by atoms with Crippen LogP contribution in [-0.4, -0.2) is 17.4 Å². The van der Waals surface area contributed by atoms with E-state index in [4.69, 9.17) is 10.5 Å². The molecule has 6 nitrogen and oxygen atoms in total. The lowest BCUT2D eigenvalue weighted by atomic mass is 10.2. The molecule has 0 unspecified atom stereocenters. The zero-order valence-electron chi connectivity index (χ0n) is 11.3. The van der Waals surface area contributed by atoms with Crippen LogP contribution in [0, 0.1) is 29.6 Å². The minimum absolute atomic E-state index is 0.0343. The topological polar surface area (TPSA) is 99.5 Å². The van der Waals surface area contributed by atoms with Gasteiger partial charge in [-0.15, -0.1) is 0 Å². The highest BCUT2D eigenvalue weighted by atomic mass is 32.2. The normalized spacial score (nSPS) is 10.8. The van der Waals surface area contributed by atoms with Gasteiger partial charge in [-0.3, -0.25) is 0 Å². The first-order valence-electron chi connectivity index (χ1n) is 6.12. The molecule has 0 saturated heterocycles. The Morgan fingerprint density at radius 2 is 1.76 bits per heavy atom. The molecular formula is C14H12N4O2S. The van der Waals surface area contributed by atoms with Gasteiger partial charge in [0, 0.05) is 0 Å². The Labute approximate surface area is 122 Å². The lowest BCUT2D eigenvalue weighted by Gasteiger charge is -2.08. The number of hydrogen-bond acceptors (Lipinski definition) is 5. The molecule has 0 amide bonds. The highest BCUT2D eigenvalue weighted by Gasteiger charge is 2.22. The quantitative estimate of drug-likeness (QED) is 0.853. The van der Waals surface area contributed by atoms with Crippen molar-refractivity contribution in [3.8, 4) is 12.1 Å². The molecule has 7 heteroatoms. The predicted octanol–water partition coefficient (Wildman–Crippen LogP) is 1.56. The summed E-state index contributed by atoms with van der Waals surface area (Å²) >= 11 is 0. The molecule has 0 N–H and O–H groups in total. The van der Waals surface area contributed by atoms with E-state index in [0.717, 1.165) is 15.9 Å². The summed E-state index contributed by atoms with van der Waals surface area (Å²) < 4.78 is 26.2. The number of nitriles is 2. The van der Waals surface area contributed by atoms with Crippen molar-refractivity contribution in [1.29, 1.82) is 10.5 Å². The molecule has 1 aromatic heterocycles. The van der Waals surface area contributed by atoms with E-state index in [9.17, 15) is 8.42 Å². The summed E-state index contributed by atoms with van der Waals surface area (Å²) in [7, 11) is -3.81. The van der Waals surface area contributed by atoms with Gasteiger partial charge in [-0.1, -0.05) is 17.7 Å². The molecule has 0 aliphatic rings. The Morgan fingerprint density at radius 3 is 2.33 bits per heavy atom. The van der Waals surface area contributed by atoms with Crippen molar-refractivity contribution in [2.24, 2.45) is 0 Å². The second-order valence-electron chi connectivity index (χ2n) is 4.42. The van der Waals surface area contributed by atoms with E-state index in [0.29, 0.717) is 5.69 Å². The van der Waals surface area contributed by atoms with Crippen molar-refractivity contribution in [2.75, 3.05) is 0 Å². The molecule has 1 aromatic carbocycles. The summed E-state index contributed by atoms with van der Waals surface area (Å²) in [5.74, 6) is 0. The molecule has 0 spiro atoms. The number of rotatable bonds is 4. The Kier molecular flexibility index (Phi) is 4.06. The minimum Gasteiger partial charge on any atom is -0.239 e. The van der Waals surface area contributed by atoms with E-state index in [1.165, 1.54) is 12.1 Å². The molecule has 106 valence electrons. The van der Waals surface area contributed by atoms with E-state index in [1.807, 2.05) is 19.1 Å². The van der Waals surface area contributed by atoms with Gasteiger partial charge < -0.3 is 0 Å². The van der Waals surface area contributed by atoms with E-state index in [2.05, 4.69) is 4.98 Å². The first-order valence-corrected chi connectivity index (χ1v) is 7.56. The fourth-order valence-corrected chi connectivity index (χ4v) is 3.24. The van der Waals surface area contributed by atoms with Gasteiger partial charge in [0.25, 0.3) is 10.0 Å². The number of hydrogen-bond donors (Lipinski definition) is 0. The zero-order chi connectivity index (χ0) is 15.5. The van der Waals surface area contributed by atoms with Gasteiger partial charge in [0.1, 0.15) is 6.33 Å². The van der Waals surface area contributed by atoms with Crippen LogP contribution in [0.15, 0.2) is 35.5 Å². The van der Waals surface area contributed by atoms with Crippen LogP contribution in [-0.2, 0) is 22.9 Å². The van der Waals surface area contributed by atoms with Gasteiger partial charge in [0.15, 0.2) is 0 Å². The molecule has 2 aromatic rings. The van der Waals surface area contributed by atoms with Crippen LogP contribution in [0.2, 0.25) is 0 Å². The number of aryl methyl sites for hydroxylation is 1. The third kappa shape index (κ3) is 2.78. The van der Waals surface area contributed by atoms with Crippen LogP contribution in [0.4, 0.5) is 0 Å². The molecule has 0 saturated carbocycles. The van der Waals surface area contributed by atoms with Crippen molar-refractivity contribution in [3.05, 3.63) is 47.5 Å². The lowest BCUT2D eigenvalue weighted by molar-refractivity contribution is 0.585. The van der Waals surface area contributed by atoms with E-state index in [-0.39, 0.29) is 23.4 Å². The fourth-order valence-electron chi connectivity index (χ4n) is 1.90. The Morgan fingerprint density at radius 1 is 1.14 bits per heavy atom. The highest BCUT2D eigenvalue weighted by molar-refractivity contribution is 7.90. The summed E-state index contributed by atoms with van der Waals surface area (Å²) in [6.45, 7) is 1.86. The number of aromatic nitrogens is 2. The van der Waals surface area contributed by atoms with Crippen LogP contribution in [0.25, 0.3) is 0 Å². The average Bonchev–Trinajstić information content (AvgIpc) is 2.84.